The molecule has 10 nitrogen and oxygen atoms in total. The summed E-state index contributed by atoms with van der Waals surface area (Å²) in [4.78, 5) is 37.3. The van der Waals surface area contributed by atoms with E-state index < -0.39 is 6.09 Å². The van der Waals surface area contributed by atoms with E-state index in [1.807, 2.05) is 32.0 Å². The number of hydrogen-bond donors (Lipinski definition) is 2. The Morgan fingerprint density at radius 2 is 1.85 bits per heavy atom. The monoisotopic (exact) mass is 460 g/mol. The van der Waals surface area contributed by atoms with E-state index in [2.05, 4.69) is 30.3 Å². The average Bonchev–Trinajstić information content (AvgIpc) is 2.82. The smallest absolute Gasteiger partial charge is 0.412 e. The normalized spacial score (nSPS) is 10.9. The predicted molar refractivity (Wildman–Crippen MR) is 129 cm³/mol. The van der Waals surface area contributed by atoms with Gasteiger partial charge in [0.1, 0.15) is 17.3 Å². The van der Waals surface area contributed by atoms with Crippen LogP contribution in [0.2, 0.25) is 0 Å². The van der Waals surface area contributed by atoms with Crippen molar-refractivity contribution in [3.8, 4) is 22.8 Å². The van der Waals surface area contributed by atoms with Crippen molar-refractivity contribution in [3.63, 3.8) is 0 Å². The van der Waals surface area contributed by atoms with E-state index in [0.717, 1.165) is 5.39 Å². The van der Waals surface area contributed by atoms with E-state index in [1.165, 1.54) is 17.9 Å². The minimum Gasteiger partial charge on any atom is -0.457 e. The maximum Gasteiger partial charge on any atom is 0.412 e. The van der Waals surface area contributed by atoms with Crippen LogP contribution in [-0.2, 0) is 11.8 Å². The van der Waals surface area contributed by atoms with Crippen LogP contribution < -0.4 is 20.9 Å². The molecule has 0 saturated heterocycles. The Morgan fingerprint density at radius 1 is 1.06 bits per heavy atom. The van der Waals surface area contributed by atoms with Gasteiger partial charge in [-0.2, -0.15) is 0 Å². The highest BCUT2D eigenvalue weighted by molar-refractivity contribution is 5.84. The number of nitrogens with one attached hydrogen (secondary N) is 2. The van der Waals surface area contributed by atoms with Gasteiger partial charge in [0, 0.05) is 36.9 Å². The lowest BCUT2D eigenvalue weighted by molar-refractivity contribution is 0.187. The van der Waals surface area contributed by atoms with Gasteiger partial charge in [-0.15, -0.1) is 0 Å². The quantitative estimate of drug-likeness (QED) is 0.440. The summed E-state index contributed by atoms with van der Waals surface area (Å²) in [6.07, 6.45) is 2.45. The number of aromatic nitrogens is 4. The molecule has 3 heterocycles. The molecule has 2 N–H and O–H groups in total. The molecule has 0 radical (unpaired) electrons. The summed E-state index contributed by atoms with van der Waals surface area (Å²) in [7, 11) is 2.96. The molecule has 0 unspecified atom stereocenters. The molecule has 34 heavy (non-hydrogen) atoms. The number of pyridine rings is 2. The van der Waals surface area contributed by atoms with Crippen LogP contribution in [0.25, 0.3) is 22.2 Å². The number of hydrogen-bond acceptors (Lipinski definition) is 8. The Kier molecular flexibility index (Phi) is 6.39. The Hall–Kier alpha value is -4.47. The van der Waals surface area contributed by atoms with Crippen LogP contribution in [0.4, 0.5) is 16.6 Å². The zero-order valence-electron chi connectivity index (χ0n) is 19.2. The van der Waals surface area contributed by atoms with Gasteiger partial charge >= 0.3 is 6.09 Å². The van der Waals surface area contributed by atoms with Gasteiger partial charge in [0.15, 0.2) is 0 Å². The molecule has 0 bridgehead atoms. The van der Waals surface area contributed by atoms with E-state index in [1.54, 1.807) is 37.5 Å². The summed E-state index contributed by atoms with van der Waals surface area (Å²) >= 11 is 0. The number of nitrogens with zero attached hydrogens (tertiary/aromatic N) is 4. The Bertz CT molecular complexity index is 1420. The Balaban J connectivity index is 1.59. The molecule has 0 atom stereocenters. The Labute approximate surface area is 195 Å². The van der Waals surface area contributed by atoms with Gasteiger partial charge in [0.25, 0.3) is 5.56 Å². The number of carbonyl (C=O) groups is 1. The molecule has 0 aliphatic rings. The zero-order valence-corrected chi connectivity index (χ0v) is 19.2. The summed E-state index contributed by atoms with van der Waals surface area (Å²) in [6, 6.07) is 12.5. The van der Waals surface area contributed by atoms with Crippen molar-refractivity contribution in [3.05, 3.63) is 65.2 Å². The van der Waals surface area contributed by atoms with E-state index in [9.17, 15) is 9.59 Å². The van der Waals surface area contributed by atoms with Crippen LogP contribution in [-0.4, -0.2) is 38.8 Å². The summed E-state index contributed by atoms with van der Waals surface area (Å²) in [5.41, 5.74) is 1.48. The first kappa shape index (κ1) is 22.7. The first-order chi connectivity index (χ1) is 16.3. The molecular weight excluding hydrogens is 436 g/mol. The second kappa shape index (κ2) is 9.57. The van der Waals surface area contributed by atoms with Crippen molar-refractivity contribution in [2.24, 2.45) is 7.05 Å². The fourth-order valence-electron chi connectivity index (χ4n) is 3.26. The zero-order chi connectivity index (χ0) is 24.2. The molecule has 10 heteroatoms. The predicted octanol–water partition coefficient (Wildman–Crippen LogP) is 4.18. The fraction of sp³-hybridized carbons (Fsp3) is 0.208. The molecule has 4 aromatic rings. The molecule has 1 aromatic carbocycles. The number of rotatable bonds is 6. The summed E-state index contributed by atoms with van der Waals surface area (Å²) in [6.45, 7) is 3.96. The first-order valence-electron chi connectivity index (χ1n) is 10.6. The Morgan fingerprint density at radius 3 is 2.62 bits per heavy atom. The maximum atomic E-state index is 12.9. The molecular formula is C24H24N6O4. The number of fused-ring (bicyclic) bond motifs is 1. The summed E-state index contributed by atoms with van der Waals surface area (Å²) in [5, 5.41) is 6.48. The van der Waals surface area contributed by atoms with Crippen molar-refractivity contribution in [1.29, 1.82) is 0 Å². The second-order valence-corrected chi connectivity index (χ2v) is 7.81. The number of amides is 1. The van der Waals surface area contributed by atoms with E-state index >= 15 is 0 Å². The molecule has 0 aliphatic carbocycles. The molecule has 3 aromatic heterocycles. The lowest BCUT2D eigenvalue weighted by Gasteiger charge is -2.13. The number of benzene rings is 1. The highest BCUT2D eigenvalue weighted by atomic mass is 16.5. The number of carbonyl (C=O) groups excluding carboxylic acids is 1. The van der Waals surface area contributed by atoms with E-state index in [4.69, 9.17) is 4.74 Å². The van der Waals surface area contributed by atoms with Crippen LogP contribution in [0.15, 0.2) is 59.7 Å². The third-order valence-corrected chi connectivity index (χ3v) is 4.91. The summed E-state index contributed by atoms with van der Waals surface area (Å²) < 4.78 is 12.0. The van der Waals surface area contributed by atoms with Crippen LogP contribution in [0.5, 0.6) is 11.5 Å². The van der Waals surface area contributed by atoms with Gasteiger partial charge in [-0.25, -0.2) is 19.7 Å². The lowest BCUT2D eigenvalue weighted by atomic mass is 10.1. The average molecular weight is 460 g/mol. The molecule has 4 rings (SSSR count). The minimum atomic E-state index is -0.618. The van der Waals surface area contributed by atoms with Crippen molar-refractivity contribution in [2.75, 3.05) is 17.7 Å². The lowest BCUT2D eigenvalue weighted by Crippen LogP contribution is -2.25. The van der Waals surface area contributed by atoms with Crippen molar-refractivity contribution in [1.82, 2.24) is 19.5 Å². The minimum absolute atomic E-state index is 0.155. The molecule has 0 aliphatic heterocycles. The van der Waals surface area contributed by atoms with Gasteiger partial charge in [-0.3, -0.25) is 14.7 Å². The third kappa shape index (κ3) is 4.96. The van der Waals surface area contributed by atoms with Crippen LogP contribution in [0, 0.1) is 0 Å². The molecule has 0 spiro atoms. The fourth-order valence-corrected chi connectivity index (χ4v) is 3.26. The number of methoxy groups -OCH3 is 1. The van der Waals surface area contributed by atoms with Crippen LogP contribution >= 0.6 is 0 Å². The largest absolute Gasteiger partial charge is 0.457 e. The van der Waals surface area contributed by atoms with Crippen LogP contribution in [0.3, 0.4) is 0 Å². The van der Waals surface area contributed by atoms with Gasteiger partial charge < -0.3 is 14.8 Å². The summed E-state index contributed by atoms with van der Waals surface area (Å²) in [5.74, 6) is 1.89. The van der Waals surface area contributed by atoms with Crippen LogP contribution in [0.1, 0.15) is 13.8 Å². The van der Waals surface area contributed by atoms with Gasteiger partial charge in [-0.05, 0) is 44.2 Å². The molecule has 174 valence electrons. The van der Waals surface area contributed by atoms with Crippen molar-refractivity contribution >= 4 is 28.8 Å². The van der Waals surface area contributed by atoms with Gasteiger partial charge in [0.05, 0.1) is 23.9 Å². The first-order valence-corrected chi connectivity index (χ1v) is 10.6. The highest BCUT2D eigenvalue weighted by Gasteiger charge is 2.12. The maximum absolute atomic E-state index is 12.9. The van der Waals surface area contributed by atoms with Crippen molar-refractivity contribution < 1.29 is 14.3 Å². The van der Waals surface area contributed by atoms with Gasteiger partial charge in [0.2, 0.25) is 5.95 Å². The van der Waals surface area contributed by atoms with E-state index in [0.29, 0.717) is 40.0 Å². The second-order valence-electron chi connectivity index (χ2n) is 7.81. The SMILES string of the molecule is COC(=O)Nc1cc(Oc2ccc3nc(-c4cnc(NC(C)C)n(C)c4=O)ccc3c2)ccn1. The molecule has 1 amide bonds. The molecule has 0 saturated carbocycles. The molecule has 0 fully saturated rings. The van der Waals surface area contributed by atoms with Crippen molar-refractivity contribution in [2.45, 2.75) is 19.9 Å². The number of anilines is 2. The number of ether oxygens (including phenoxy) is 2. The van der Waals surface area contributed by atoms with Gasteiger partial charge in [-0.1, -0.05) is 6.07 Å². The third-order valence-electron chi connectivity index (χ3n) is 4.91. The van der Waals surface area contributed by atoms with E-state index in [-0.39, 0.29) is 11.6 Å². The standard InChI is InChI=1S/C24H24N6O4/c1-14(2)27-23-26-13-18(22(31)30(23)3)20-7-5-15-11-16(6-8-19(15)28-20)34-17-9-10-25-21(12-17)29-24(32)33-4/h5-14H,1-4H3,(H,26,27)(H,25,29,32). The topological polar surface area (TPSA) is 120 Å². The highest BCUT2D eigenvalue weighted by Crippen LogP contribution is 2.27.